The monoisotopic (exact) mass is 170 g/mol. The topological polar surface area (TPSA) is 34.1 Å². The number of ketones is 2. The lowest BCUT2D eigenvalue weighted by Crippen LogP contribution is -2.27. The Kier molecular flexibility index (Phi) is 3.62. The molecule has 70 valence electrons. The Morgan fingerprint density at radius 1 is 1.25 bits per heavy atom. The Hall–Kier alpha value is -0.660. The molecule has 0 saturated heterocycles. The van der Waals surface area contributed by atoms with Crippen LogP contribution in [0.25, 0.3) is 0 Å². The van der Waals surface area contributed by atoms with Gasteiger partial charge in [0, 0.05) is 17.8 Å². The minimum absolute atomic E-state index is 0.0834. The van der Waals surface area contributed by atoms with Crippen molar-refractivity contribution < 1.29 is 9.59 Å². The van der Waals surface area contributed by atoms with Gasteiger partial charge in [-0.2, -0.15) is 0 Å². The molecule has 0 radical (unpaired) electrons. The molecule has 0 aromatic carbocycles. The van der Waals surface area contributed by atoms with E-state index in [2.05, 4.69) is 0 Å². The lowest BCUT2D eigenvalue weighted by Gasteiger charge is -2.20. The second-order valence-corrected chi connectivity index (χ2v) is 4.42. The molecule has 0 saturated carbocycles. The van der Waals surface area contributed by atoms with Gasteiger partial charge in [-0.25, -0.2) is 0 Å². The van der Waals surface area contributed by atoms with Crippen LogP contribution in [0.15, 0.2) is 0 Å². The number of carbonyl (C=O) groups is 2. The van der Waals surface area contributed by atoms with Crippen molar-refractivity contribution in [2.24, 2.45) is 11.3 Å². The fraction of sp³-hybridized carbons (Fsp3) is 0.800. The zero-order valence-corrected chi connectivity index (χ0v) is 8.60. The largest absolute Gasteiger partial charge is 0.300 e. The van der Waals surface area contributed by atoms with Gasteiger partial charge in [-0.05, 0) is 6.92 Å². The number of rotatable bonds is 3. The van der Waals surface area contributed by atoms with E-state index in [1.807, 2.05) is 27.7 Å². The minimum atomic E-state index is -0.325. The van der Waals surface area contributed by atoms with Crippen LogP contribution >= 0.6 is 0 Å². The van der Waals surface area contributed by atoms with Crippen molar-refractivity contribution in [3.05, 3.63) is 0 Å². The van der Waals surface area contributed by atoms with Crippen molar-refractivity contribution in [1.29, 1.82) is 0 Å². The number of Topliss-reactive ketones (excluding diaryl/α,β-unsaturated/α-hetero) is 2. The third-order valence-corrected chi connectivity index (χ3v) is 1.78. The van der Waals surface area contributed by atoms with E-state index in [4.69, 9.17) is 0 Å². The lowest BCUT2D eigenvalue weighted by atomic mass is 9.82. The molecule has 0 aliphatic heterocycles. The van der Waals surface area contributed by atoms with Crippen LogP contribution in [0, 0.1) is 11.3 Å². The SMILES string of the molecule is CC(=O)CC(C)C(=O)C(C)(C)C. The molecule has 0 rings (SSSR count). The summed E-state index contributed by atoms with van der Waals surface area (Å²) < 4.78 is 0. The predicted molar refractivity (Wildman–Crippen MR) is 48.9 cm³/mol. The zero-order chi connectivity index (χ0) is 9.94. The van der Waals surface area contributed by atoms with Gasteiger partial charge < -0.3 is 4.79 Å². The standard InChI is InChI=1S/C10H18O2/c1-7(6-8(2)11)9(12)10(3,4)5/h7H,6H2,1-5H3. The third kappa shape index (κ3) is 3.65. The summed E-state index contributed by atoms with van der Waals surface area (Å²) in [5.41, 5.74) is -0.325. The second kappa shape index (κ2) is 3.83. The molecule has 0 N–H and O–H groups in total. The first kappa shape index (κ1) is 11.3. The van der Waals surface area contributed by atoms with Crippen LogP contribution in [0.4, 0.5) is 0 Å². The van der Waals surface area contributed by atoms with Gasteiger partial charge in [-0.3, -0.25) is 4.79 Å². The molecular weight excluding hydrogens is 152 g/mol. The summed E-state index contributed by atoms with van der Waals surface area (Å²) in [6.45, 7) is 8.98. The van der Waals surface area contributed by atoms with Gasteiger partial charge >= 0.3 is 0 Å². The van der Waals surface area contributed by atoms with Gasteiger partial charge in [0.1, 0.15) is 11.6 Å². The maximum Gasteiger partial charge on any atom is 0.141 e. The minimum Gasteiger partial charge on any atom is -0.300 e. The van der Waals surface area contributed by atoms with Gasteiger partial charge in [0.05, 0.1) is 0 Å². The molecule has 0 aromatic heterocycles. The van der Waals surface area contributed by atoms with Crippen molar-refractivity contribution in [3.8, 4) is 0 Å². The summed E-state index contributed by atoms with van der Waals surface area (Å²) in [6.07, 6.45) is 0.371. The van der Waals surface area contributed by atoms with Crippen LogP contribution in [-0.4, -0.2) is 11.6 Å². The molecule has 12 heavy (non-hydrogen) atoms. The Morgan fingerprint density at radius 2 is 1.67 bits per heavy atom. The smallest absolute Gasteiger partial charge is 0.141 e. The van der Waals surface area contributed by atoms with Crippen molar-refractivity contribution in [2.45, 2.75) is 41.0 Å². The average Bonchev–Trinajstić information content (AvgIpc) is 1.82. The summed E-state index contributed by atoms with van der Waals surface area (Å²) in [4.78, 5) is 22.3. The molecule has 0 bridgehead atoms. The highest BCUT2D eigenvalue weighted by Crippen LogP contribution is 2.21. The van der Waals surface area contributed by atoms with Crippen molar-refractivity contribution in [1.82, 2.24) is 0 Å². The van der Waals surface area contributed by atoms with E-state index in [-0.39, 0.29) is 22.9 Å². The van der Waals surface area contributed by atoms with Crippen molar-refractivity contribution >= 4 is 11.6 Å². The fourth-order valence-electron chi connectivity index (χ4n) is 1.26. The second-order valence-electron chi connectivity index (χ2n) is 4.42. The van der Waals surface area contributed by atoms with Gasteiger partial charge in [0.15, 0.2) is 0 Å². The molecule has 0 fully saturated rings. The predicted octanol–water partition coefficient (Wildman–Crippen LogP) is 2.22. The van der Waals surface area contributed by atoms with E-state index in [0.717, 1.165) is 0 Å². The summed E-state index contributed by atoms with van der Waals surface area (Å²) in [5, 5.41) is 0. The van der Waals surface area contributed by atoms with Crippen LogP contribution in [0.5, 0.6) is 0 Å². The normalized spacial score (nSPS) is 14.1. The Balaban J connectivity index is 4.21. The van der Waals surface area contributed by atoms with E-state index in [0.29, 0.717) is 6.42 Å². The van der Waals surface area contributed by atoms with Gasteiger partial charge in [0.2, 0.25) is 0 Å². The number of carbonyl (C=O) groups excluding carboxylic acids is 2. The van der Waals surface area contributed by atoms with E-state index in [1.54, 1.807) is 0 Å². The first-order chi connectivity index (χ1) is 5.25. The van der Waals surface area contributed by atoms with Gasteiger partial charge in [0.25, 0.3) is 0 Å². The Morgan fingerprint density at radius 3 is 1.92 bits per heavy atom. The molecule has 0 amide bonds. The molecule has 1 atom stereocenters. The summed E-state index contributed by atoms with van der Waals surface area (Å²) in [7, 11) is 0. The third-order valence-electron chi connectivity index (χ3n) is 1.78. The van der Waals surface area contributed by atoms with E-state index < -0.39 is 0 Å². The zero-order valence-electron chi connectivity index (χ0n) is 8.60. The fourth-order valence-corrected chi connectivity index (χ4v) is 1.26. The first-order valence-electron chi connectivity index (χ1n) is 4.29. The Bertz CT molecular complexity index is 187. The molecule has 1 unspecified atom stereocenters. The van der Waals surface area contributed by atoms with E-state index >= 15 is 0 Å². The summed E-state index contributed by atoms with van der Waals surface area (Å²) >= 11 is 0. The maximum absolute atomic E-state index is 11.5. The highest BCUT2D eigenvalue weighted by Gasteiger charge is 2.26. The molecule has 2 heteroatoms. The average molecular weight is 170 g/mol. The maximum atomic E-state index is 11.5. The molecule has 0 spiro atoms. The number of hydrogen-bond donors (Lipinski definition) is 0. The molecule has 0 heterocycles. The quantitative estimate of drug-likeness (QED) is 0.650. The summed E-state index contributed by atoms with van der Waals surface area (Å²) in [5.74, 6) is 0.111. The van der Waals surface area contributed by atoms with Crippen molar-refractivity contribution in [2.75, 3.05) is 0 Å². The van der Waals surface area contributed by atoms with Crippen LogP contribution in [-0.2, 0) is 9.59 Å². The van der Waals surface area contributed by atoms with E-state index in [9.17, 15) is 9.59 Å². The van der Waals surface area contributed by atoms with Crippen LogP contribution in [0.3, 0.4) is 0 Å². The first-order valence-corrected chi connectivity index (χ1v) is 4.29. The Labute approximate surface area is 74.3 Å². The van der Waals surface area contributed by atoms with Crippen LogP contribution in [0.2, 0.25) is 0 Å². The molecule has 2 nitrogen and oxygen atoms in total. The molecular formula is C10H18O2. The lowest BCUT2D eigenvalue weighted by molar-refractivity contribution is -0.132. The number of hydrogen-bond acceptors (Lipinski definition) is 2. The molecule has 0 aliphatic carbocycles. The van der Waals surface area contributed by atoms with Crippen LogP contribution < -0.4 is 0 Å². The van der Waals surface area contributed by atoms with Crippen LogP contribution in [0.1, 0.15) is 41.0 Å². The highest BCUT2D eigenvalue weighted by molar-refractivity contribution is 5.89. The summed E-state index contributed by atoms with van der Waals surface area (Å²) in [6, 6.07) is 0. The van der Waals surface area contributed by atoms with Gasteiger partial charge in [-0.15, -0.1) is 0 Å². The molecule has 0 aromatic rings. The highest BCUT2D eigenvalue weighted by atomic mass is 16.1. The molecule has 0 aliphatic rings. The van der Waals surface area contributed by atoms with E-state index in [1.165, 1.54) is 6.92 Å². The van der Waals surface area contributed by atoms with Gasteiger partial charge in [-0.1, -0.05) is 27.7 Å². The van der Waals surface area contributed by atoms with Crippen molar-refractivity contribution in [3.63, 3.8) is 0 Å².